The van der Waals surface area contributed by atoms with Gasteiger partial charge in [0.15, 0.2) is 5.82 Å². The molecule has 0 N–H and O–H groups in total. The van der Waals surface area contributed by atoms with Crippen LogP contribution in [0.15, 0.2) is 133 Å². The molecule has 2 heteroatoms. The van der Waals surface area contributed by atoms with Crippen molar-refractivity contribution in [3.8, 4) is 67.3 Å². The van der Waals surface area contributed by atoms with Crippen LogP contribution in [0.3, 0.4) is 0 Å². The number of nitrogens with zero attached hydrogens (tertiary/aromatic N) is 2. The van der Waals surface area contributed by atoms with Gasteiger partial charge in [0.2, 0.25) is 0 Å². The molecule has 0 amide bonds. The number of fused-ring (bicyclic) bond motifs is 6. The summed E-state index contributed by atoms with van der Waals surface area (Å²) in [6.07, 6.45) is 0. The van der Waals surface area contributed by atoms with Gasteiger partial charge in [0, 0.05) is 27.7 Å². The Morgan fingerprint density at radius 3 is 1.77 bits per heavy atom. The number of aromatic nitrogens is 2. The van der Waals surface area contributed by atoms with Crippen LogP contribution >= 0.6 is 0 Å². The average Bonchev–Trinajstić information content (AvgIpc) is 3.51. The maximum absolute atomic E-state index is 5.26. The van der Waals surface area contributed by atoms with Crippen LogP contribution in [0.25, 0.3) is 78.1 Å². The van der Waals surface area contributed by atoms with Crippen LogP contribution in [-0.2, 0) is 5.41 Å². The lowest BCUT2D eigenvalue weighted by Gasteiger charge is -2.24. The van der Waals surface area contributed by atoms with Crippen LogP contribution < -0.4 is 0 Å². The Kier molecular flexibility index (Phi) is 4.99. The first-order chi connectivity index (χ1) is 21.1. The number of benzene rings is 6. The smallest absolute Gasteiger partial charge is 0.160 e. The van der Waals surface area contributed by atoms with Gasteiger partial charge >= 0.3 is 0 Å². The largest absolute Gasteiger partial charge is 0.228 e. The highest BCUT2D eigenvalue weighted by Crippen LogP contribution is 2.52. The van der Waals surface area contributed by atoms with Crippen molar-refractivity contribution in [3.05, 3.63) is 145 Å². The second-order valence-corrected chi connectivity index (χ2v) is 12.2. The molecule has 1 heterocycles. The van der Waals surface area contributed by atoms with Crippen molar-refractivity contribution in [2.45, 2.75) is 19.3 Å². The molecule has 0 radical (unpaired) electrons. The third kappa shape index (κ3) is 3.41. The van der Waals surface area contributed by atoms with Crippen molar-refractivity contribution in [2.24, 2.45) is 0 Å². The van der Waals surface area contributed by atoms with Gasteiger partial charge < -0.3 is 0 Å². The number of rotatable bonds is 3. The number of hydrogen-bond donors (Lipinski definition) is 0. The third-order valence-electron chi connectivity index (χ3n) is 9.44. The van der Waals surface area contributed by atoms with E-state index in [0.717, 1.165) is 28.3 Å². The fraction of sp³-hybridized carbons (Fsp3) is 0.0732. The summed E-state index contributed by atoms with van der Waals surface area (Å²) in [6, 6.07) is 48.0. The van der Waals surface area contributed by atoms with Gasteiger partial charge in [-0.05, 0) is 49.7 Å². The Bertz CT molecular complexity index is 2210. The normalized spacial score (nSPS) is 13.5. The molecule has 2 aliphatic carbocycles. The average molecular weight is 549 g/mol. The molecule has 7 aromatic rings. The summed E-state index contributed by atoms with van der Waals surface area (Å²) in [5.74, 6) is 0.762. The van der Waals surface area contributed by atoms with Crippen molar-refractivity contribution in [3.63, 3.8) is 0 Å². The summed E-state index contributed by atoms with van der Waals surface area (Å²) in [5.41, 5.74) is 15.5. The molecule has 43 heavy (non-hydrogen) atoms. The van der Waals surface area contributed by atoms with Crippen LogP contribution in [-0.4, -0.2) is 9.97 Å². The molecule has 2 aliphatic rings. The van der Waals surface area contributed by atoms with E-state index < -0.39 is 0 Å². The summed E-state index contributed by atoms with van der Waals surface area (Å²) in [4.78, 5) is 10.4. The Morgan fingerprint density at radius 2 is 1.00 bits per heavy atom. The third-order valence-corrected chi connectivity index (χ3v) is 9.44. The van der Waals surface area contributed by atoms with Crippen LogP contribution in [0.2, 0.25) is 0 Å². The molecule has 0 saturated heterocycles. The van der Waals surface area contributed by atoms with E-state index in [4.69, 9.17) is 9.97 Å². The Balaban J connectivity index is 1.21. The van der Waals surface area contributed by atoms with Gasteiger partial charge in [0.25, 0.3) is 0 Å². The van der Waals surface area contributed by atoms with Crippen molar-refractivity contribution in [1.29, 1.82) is 0 Å². The SMILES string of the molecule is CC1(C)c2ccccc2-c2nc(-c3ccccc3)nc(-c3ccc(-c4ccc5c6c(cccc46)-c4ccccc4-5)cc3)c21. The lowest BCUT2D eigenvalue weighted by Crippen LogP contribution is -2.17. The zero-order valence-electron chi connectivity index (χ0n) is 24.1. The minimum atomic E-state index is -0.207. The van der Waals surface area contributed by atoms with Crippen LogP contribution in [0.1, 0.15) is 25.0 Å². The Labute approximate surface area is 251 Å². The molecular weight excluding hydrogens is 520 g/mol. The van der Waals surface area contributed by atoms with Gasteiger partial charge in [-0.2, -0.15) is 0 Å². The van der Waals surface area contributed by atoms with Crippen molar-refractivity contribution in [1.82, 2.24) is 9.97 Å². The first-order valence-electron chi connectivity index (χ1n) is 14.9. The Hall–Kier alpha value is -5.34. The van der Waals surface area contributed by atoms with Gasteiger partial charge in [-0.3, -0.25) is 0 Å². The van der Waals surface area contributed by atoms with Gasteiger partial charge in [-0.25, -0.2) is 9.97 Å². The van der Waals surface area contributed by atoms with Gasteiger partial charge in [0.1, 0.15) is 0 Å². The first-order valence-corrected chi connectivity index (χ1v) is 14.9. The second-order valence-electron chi connectivity index (χ2n) is 12.2. The molecule has 0 saturated carbocycles. The van der Waals surface area contributed by atoms with E-state index in [2.05, 4.69) is 141 Å². The summed E-state index contributed by atoms with van der Waals surface area (Å²) in [6.45, 7) is 4.59. The van der Waals surface area contributed by atoms with Crippen molar-refractivity contribution < 1.29 is 0 Å². The quantitative estimate of drug-likeness (QED) is 0.219. The molecule has 0 bridgehead atoms. The van der Waals surface area contributed by atoms with E-state index in [9.17, 15) is 0 Å². The molecule has 6 aromatic carbocycles. The van der Waals surface area contributed by atoms with Crippen LogP contribution in [0, 0.1) is 0 Å². The first kappa shape index (κ1) is 24.3. The lowest BCUT2D eigenvalue weighted by molar-refractivity contribution is 0.658. The van der Waals surface area contributed by atoms with Gasteiger partial charge in [-0.1, -0.05) is 147 Å². The second kappa shape index (κ2) is 8.83. The van der Waals surface area contributed by atoms with E-state index in [1.165, 1.54) is 60.8 Å². The predicted octanol–water partition coefficient (Wildman–Crippen LogP) is 10.6. The molecule has 0 unspecified atom stereocenters. The summed E-state index contributed by atoms with van der Waals surface area (Å²) < 4.78 is 0. The standard InChI is InChI=1S/C41H28N2/c1-41(2)35-18-9-8-15-34(35)39-37(41)38(42-40(43-39)27-11-4-3-5-12-27)26-21-19-25(20-22-26)28-23-24-33-30-14-7-6-13-29(30)32-17-10-16-31(28)36(32)33/h3-24H,1-2H3. The molecule has 0 spiro atoms. The van der Waals surface area contributed by atoms with E-state index in [1.807, 2.05) is 6.07 Å². The molecular formula is C41H28N2. The highest BCUT2D eigenvalue weighted by molar-refractivity contribution is 6.18. The van der Waals surface area contributed by atoms with E-state index >= 15 is 0 Å². The molecule has 9 rings (SSSR count). The van der Waals surface area contributed by atoms with Crippen LogP contribution in [0.5, 0.6) is 0 Å². The molecule has 202 valence electrons. The van der Waals surface area contributed by atoms with Crippen LogP contribution in [0.4, 0.5) is 0 Å². The molecule has 1 aromatic heterocycles. The van der Waals surface area contributed by atoms with Crippen molar-refractivity contribution in [2.75, 3.05) is 0 Å². The van der Waals surface area contributed by atoms with E-state index in [-0.39, 0.29) is 5.41 Å². The van der Waals surface area contributed by atoms with Gasteiger partial charge in [-0.15, -0.1) is 0 Å². The maximum Gasteiger partial charge on any atom is 0.160 e. The summed E-state index contributed by atoms with van der Waals surface area (Å²) in [5, 5.41) is 2.65. The molecule has 0 fully saturated rings. The fourth-order valence-corrected chi connectivity index (χ4v) is 7.41. The molecule has 2 nitrogen and oxygen atoms in total. The maximum atomic E-state index is 5.26. The zero-order valence-corrected chi connectivity index (χ0v) is 24.1. The Morgan fingerprint density at radius 1 is 0.419 bits per heavy atom. The highest BCUT2D eigenvalue weighted by Gasteiger charge is 2.40. The van der Waals surface area contributed by atoms with E-state index in [0.29, 0.717) is 0 Å². The van der Waals surface area contributed by atoms with E-state index in [1.54, 1.807) is 0 Å². The fourth-order valence-electron chi connectivity index (χ4n) is 7.41. The number of hydrogen-bond acceptors (Lipinski definition) is 2. The van der Waals surface area contributed by atoms with Gasteiger partial charge in [0.05, 0.1) is 11.4 Å². The zero-order chi connectivity index (χ0) is 28.7. The molecule has 0 aliphatic heterocycles. The minimum absolute atomic E-state index is 0.207. The monoisotopic (exact) mass is 548 g/mol. The van der Waals surface area contributed by atoms with Crippen molar-refractivity contribution >= 4 is 10.8 Å². The lowest BCUT2D eigenvalue weighted by atomic mass is 9.80. The topological polar surface area (TPSA) is 25.8 Å². The highest BCUT2D eigenvalue weighted by atomic mass is 14.9. The summed E-state index contributed by atoms with van der Waals surface area (Å²) in [7, 11) is 0. The minimum Gasteiger partial charge on any atom is -0.228 e. The predicted molar refractivity (Wildman–Crippen MR) is 178 cm³/mol. The summed E-state index contributed by atoms with van der Waals surface area (Å²) >= 11 is 0. The molecule has 0 atom stereocenters.